The van der Waals surface area contributed by atoms with Crippen molar-refractivity contribution in [1.29, 1.82) is 0 Å². The molecule has 2 aromatic carbocycles. The van der Waals surface area contributed by atoms with Crippen molar-refractivity contribution in [2.24, 2.45) is 5.41 Å². The van der Waals surface area contributed by atoms with Gasteiger partial charge in [0.15, 0.2) is 0 Å². The molecule has 1 amide bonds. The van der Waals surface area contributed by atoms with E-state index in [1.54, 1.807) is 12.1 Å². The molecule has 0 fully saturated rings. The van der Waals surface area contributed by atoms with Gasteiger partial charge in [0.25, 0.3) is 0 Å². The molecule has 2 N–H and O–H groups in total. The Balaban J connectivity index is 1.85. The number of carbonyl (C=O) groups excluding carboxylic acids is 1. The monoisotopic (exact) mass is 527 g/mol. The van der Waals surface area contributed by atoms with Gasteiger partial charge in [-0.05, 0) is 69.0 Å². The average Bonchev–Trinajstić information content (AvgIpc) is 3.05. The number of carboxylic acids is 1. The lowest BCUT2D eigenvalue weighted by Crippen LogP contribution is -2.35. The third-order valence-corrected chi connectivity index (χ3v) is 6.31. The third kappa shape index (κ3) is 6.63. The van der Waals surface area contributed by atoms with Crippen LogP contribution in [0.5, 0.6) is 11.5 Å². The lowest BCUT2D eigenvalue weighted by atomic mass is 9.80. The first-order valence-electron chi connectivity index (χ1n) is 11.4. The van der Waals surface area contributed by atoms with Crippen LogP contribution in [0.15, 0.2) is 30.3 Å². The Kier molecular flexibility index (Phi) is 7.83. The summed E-state index contributed by atoms with van der Waals surface area (Å²) in [6.07, 6.45) is -4.22. The van der Waals surface area contributed by atoms with Gasteiger partial charge in [-0.3, -0.25) is 9.59 Å². The van der Waals surface area contributed by atoms with Crippen LogP contribution >= 0.6 is 11.6 Å². The number of hydrogen-bond donors (Lipinski definition) is 2. The van der Waals surface area contributed by atoms with Crippen LogP contribution in [0.25, 0.3) is 0 Å². The molecule has 0 bridgehead atoms. The minimum Gasteiger partial charge on any atom is -0.488 e. The molecule has 0 spiro atoms. The topological polar surface area (TPSA) is 84.9 Å². The van der Waals surface area contributed by atoms with E-state index in [1.165, 1.54) is 26.0 Å². The Morgan fingerprint density at radius 3 is 2.53 bits per heavy atom. The van der Waals surface area contributed by atoms with E-state index in [0.717, 1.165) is 11.6 Å². The van der Waals surface area contributed by atoms with Crippen molar-refractivity contribution in [1.82, 2.24) is 5.32 Å². The summed E-state index contributed by atoms with van der Waals surface area (Å²) in [5.41, 5.74) is -1.25. The molecule has 0 saturated carbocycles. The summed E-state index contributed by atoms with van der Waals surface area (Å²) in [4.78, 5) is 23.0. The number of carboxylic acid groups (broad SMARTS) is 1. The molecule has 1 aliphatic heterocycles. The highest BCUT2D eigenvalue weighted by Crippen LogP contribution is 2.42. The normalized spacial score (nSPS) is 16.0. The smallest absolute Gasteiger partial charge is 0.419 e. The molecule has 1 atom stereocenters. The molecule has 196 valence electrons. The van der Waals surface area contributed by atoms with E-state index < -0.39 is 28.7 Å². The quantitative estimate of drug-likeness (QED) is 0.430. The number of amides is 1. The second kappa shape index (κ2) is 10.2. The highest BCUT2D eigenvalue weighted by atomic mass is 35.5. The number of fused-ring (bicyclic) bond motifs is 1. The second-order valence-electron chi connectivity index (χ2n) is 9.98. The van der Waals surface area contributed by atoms with E-state index in [4.69, 9.17) is 21.1 Å². The van der Waals surface area contributed by atoms with Crippen LogP contribution in [0.2, 0.25) is 5.02 Å². The van der Waals surface area contributed by atoms with Crippen LogP contribution in [0.1, 0.15) is 56.4 Å². The largest absolute Gasteiger partial charge is 0.488 e. The van der Waals surface area contributed by atoms with Crippen molar-refractivity contribution in [3.05, 3.63) is 57.6 Å². The van der Waals surface area contributed by atoms with Crippen molar-refractivity contribution >= 4 is 23.5 Å². The number of ether oxygens (including phenoxy) is 2. The SMILES string of the molecule is CC(=O)NCCC(C)(Cc1ccc(OCc2cc(Cl)cc3c2OC(C)(C)C3)c(C(F)(F)F)c1)C(=O)O. The third-order valence-electron chi connectivity index (χ3n) is 6.10. The van der Waals surface area contributed by atoms with Crippen molar-refractivity contribution < 1.29 is 37.3 Å². The minimum atomic E-state index is -4.73. The zero-order chi connectivity index (χ0) is 26.9. The maximum atomic E-state index is 13.9. The summed E-state index contributed by atoms with van der Waals surface area (Å²) >= 11 is 6.21. The summed E-state index contributed by atoms with van der Waals surface area (Å²) < 4.78 is 53.4. The van der Waals surface area contributed by atoms with Gasteiger partial charge in [0.2, 0.25) is 5.91 Å². The molecule has 3 rings (SSSR count). The van der Waals surface area contributed by atoms with Gasteiger partial charge < -0.3 is 19.9 Å². The fourth-order valence-corrected chi connectivity index (χ4v) is 4.54. The molecule has 1 heterocycles. The molecular weight excluding hydrogens is 499 g/mol. The Hall–Kier alpha value is -2.94. The zero-order valence-electron chi connectivity index (χ0n) is 20.5. The molecule has 6 nitrogen and oxygen atoms in total. The van der Waals surface area contributed by atoms with Crippen LogP contribution in [0.3, 0.4) is 0 Å². The number of rotatable bonds is 9. The number of hydrogen-bond acceptors (Lipinski definition) is 4. The molecule has 1 unspecified atom stereocenters. The van der Waals surface area contributed by atoms with Gasteiger partial charge in [-0.1, -0.05) is 17.7 Å². The van der Waals surface area contributed by atoms with Gasteiger partial charge in [0, 0.05) is 30.5 Å². The van der Waals surface area contributed by atoms with Gasteiger partial charge in [0.1, 0.15) is 23.7 Å². The first-order chi connectivity index (χ1) is 16.6. The Morgan fingerprint density at radius 2 is 1.92 bits per heavy atom. The van der Waals surface area contributed by atoms with Crippen LogP contribution in [-0.2, 0) is 35.2 Å². The Morgan fingerprint density at radius 1 is 1.22 bits per heavy atom. The van der Waals surface area contributed by atoms with E-state index in [0.29, 0.717) is 22.8 Å². The van der Waals surface area contributed by atoms with Gasteiger partial charge in [0.05, 0.1) is 11.0 Å². The van der Waals surface area contributed by atoms with Crippen molar-refractivity contribution in [3.63, 3.8) is 0 Å². The average molecular weight is 528 g/mol. The van der Waals surface area contributed by atoms with Crippen molar-refractivity contribution in [3.8, 4) is 11.5 Å². The van der Waals surface area contributed by atoms with E-state index in [2.05, 4.69) is 5.32 Å². The standard InChI is InChI=1S/C26H29ClF3NO5/c1-15(32)31-8-7-25(4,23(33)34)12-16-5-6-21(20(9-16)26(28,29)30)35-14-18-11-19(27)10-17-13-24(2,3)36-22(17)18/h5-6,9-11H,7-8,12-14H2,1-4H3,(H,31,32)(H,33,34). The first kappa shape index (κ1) is 27.6. The van der Waals surface area contributed by atoms with E-state index in [-0.39, 0.29) is 43.2 Å². The molecular formula is C26H29ClF3NO5. The lowest BCUT2D eigenvalue weighted by molar-refractivity contribution is -0.148. The molecule has 0 radical (unpaired) electrons. The van der Waals surface area contributed by atoms with Crippen molar-refractivity contribution in [2.75, 3.05) is 6.54 Å². The van der Waals surface area contributed by atoms with Gasteiger partial charge >= 0.3 is 12.1 Å². The number of benzene rings is 2. The molecule has 2 aromatic rings. The summed E-state index contributed by atoms with van der Waals surface area (Å²) in [6.45, 7) is 6.46. The zero-order valence-corrected chi connectivity index (χ0v) is 21.3. The summed E-state index contributed by atoms with van der Waals surface area (Å²) in [5, 5.41) is 12.7. The first-order valence-corrected chi connectivity index (χ1v) is 11.8. The second-order valence-corrected chi connectivity index (χ2v) is 10.4. The molecule has 0 aliphatic carbocycles. The van der Waals surface area contributed by atoms with E-state index in [9.17, 15) is 27.9 Å². The van der Waals surface area contributed by atoms with Gasteiger partial charge in [-0.15, -0.1) is 0 Å². The molecule has 1 aliphatic rings. The van der Waals surface area contributed by atoms with Gasteiger partial charge in [-0.2, -0.15) is 13.2 Å². The molecule has 10 heteroatoms. The molecule has 0 aromatic heterocycles. The highest BCUT2D eigenvalue weighted by molar-refractivity contribution is 6.30. The Labute approximate surface area is 212 Å². The molecule has 0 saturated heterocycles. The predicted octanol–water partition coefficient (Wildman–Crippen LogP) is 5.81. The fraction of sp³-hybridized carbons (Fsp3) is 0.462. The van der Waals surface area contributed by atoms with E-state index >= 15 is 0 Å². The van der Waals surface area contributed by atoms with Crippen LogP contribution in [0, 0.1) is 5.41 Å². The summed E-state index contributed by atoms with van der Waals surface area (Å²) in [6, 6.07) is 6.92. The molecule has 36 heavy (non-hydrogen) atoms. The number of halogens is 4. The predicted molar refractivity (Wildman–Crippen MR) is 128 cm³/mol. The van der Waals surface area contributed by atoms with Gasteiger partial charge in [-0.25, -0.2) is 0 Å². The number of nitrogens with one attached hydrogen (secondary N) is 1. The lowest BCUT2D eigenvalue weighted by Gasteiger charge is -2.26. The van der Waals surface area contributed by atoms with Crippen LogP contribution in [0.4, 0.5) is 13.2 Å². The fourth-order valence-electron chi connectivity index (χ4n) is 4.28. The number of alkyl halides is 3. The van der Waals surface area contributed by atoms with E-state index in [1.807, 2.05) is 13.8 Å². The highest BCUT2D eigenvalue weighted by Gasteiger charge is 2.38. The van der Waals surface area contributed by atoms with Crippen LogP contribution < -0.4 is 14.8 Å². The number of carbonyl (C=O) groups is 2. The summed E-state index contributed by atoms with van der Waals surface area (Å²) in [5.74, 6) is -1.30. The minimum absolute atomic E-state index is 0.0533. The maximum Gasteiger partial charge on any atom is 0.419 e. The number of aliphatic carboxylic acids is 1. The van der Waals surface area contributed by atoms with Crippen molar-refractivity contribution in [2.45, 2.75) is 65.3 Å². The van der Waals surface area contributed by atoms with Crippen LogP contribution in [-0.4, -0.2) is 29.1 Å². The maximum absolute atomic E-state index is 13.9. The Bertz CT molecular complexity index is 1160. The summed E-state index contributed by atoms with van der Waals surface area (Å²) in [7, 11) is 0.